The number of hydrogen-bond acceptors (Lipinski definition) is 5. The van der Waals surface area contributed by atoms with Gasteiger partial charge in [-0.2, -0.15) is 10.2 Å². The van der Waals surface area contributed by atoms with Crippen LogP contribution in [0.25, 0.3) is 22.9 Å². The van der Waals surface area contributed by atoms with Gasteiger partial charge < -0.3 is 14.4 Å². The summed E-state index contributed by atoms with van der Waals surface area (Å²) in [5.41, 5.74) is 3.07. The third-order valence-corrected chi connectivity index (χ3v) is 8.63. The molecule has 0 unspecified atom stereocenters. The average Bonchev–Trinajstić information content (AvgIpc) is 3.53. The molecule has 2 aliphatic rings. The van der Waals surface area contributed by atoms with Crippen LogP contribution >= 0.6 is 11.6 Å². The maximum Gasteiger partial charge on any atom is 0.245 e. The summed E-state index contributed by atoms with van der Waals surface area (Å²) in [6, 6.07) is 4.88. The average molecular weight is 568 g/mol. The molecule has 0 saturated carbocycles. The number of alkyl halides is 1. The number of carbonyl (C=O) groups excluding carboxylic acids is 1. The molecule has 40 heavy (non-hydrogen) atoms. The zero-order chi connectivity index (χ0) is 28.6. The Kier molecular flexibility index (Phi) is 7.88. The first-order valence-corrected chi connectivity index (χ1v) is 13.9. The number of carbonyl (C=O) groups is 1. The maximum atomic E-state index is 15.8. The number of halogens is 2. The van der Waals surface area contributed by atoms with E-state index in [9.17, 15) is 4.79 Å². The fourth-order valence-corrected chi connectivity index (χ4v) is 5.99. The number of piperidine rings is 1. The highest BCUT2D eigenvalue weighted by Gasteiger charge is 2.37. The van der Waals surface area contributed by atoms with Crippen LogP contribution in [-0.2, 0) is 9.53 Å². The standard InChI is InChI=1S/C30H35ClFN5O3/c1-6-25(38)36-11-9-19(10-12-36)37-18(2)26(27-22-17-33-34-24(22)16-30(3,4)29(27)31)28(35-37)21-8-7-20(15-23(21)32)40-14-13-39-5/h6-8,15-17,19,29,34H,1,9-14H2,2-5H3/t29-/m0/s1. The van der Waals surface area contributed by atoms with Crippen molar-refractivity contribution in [3.63, 3.8) is 0 Å². The first-order chi connectivity index (χ1) is 19.2. The topological polar surface area (TPSA) is 85.3 Å². The molecule has 2 aromatic heterocycles. The summed E-state index contributed by atoms with van der Waals surface area (Å²) in [5, 5.41) is 13.8. The van der Waals surface area contributed by atoms with Gasteiger partial charge in [0, 0.05) is 53.7 Å². The summed E-state index contributed by atoms with van der Waals surface area (Å²) in [5.74, 6) is -0.0859. The number of likely N-dealkylation sites (tertiary alicyclic amines) is 1. The number of fused-ring (bicyclic) bond motifs is 1. The Morgan fingerprint density at radius 3 is 2.73 bits per heavy atom. The van der Waals surface area contributed by atoms with E-state index < -0.39 is 16.6 Å². The predicted molar refractivity (Wildman–Crippen MR) is 153 cm³/mol. The van der Waals surface area contributed by atoms with Gasteiger partial charge in [0.1, 0.15) is 23.9 Å². The molecule has 3 heterocycles. The highest BCUT2D eigenvalue weighted by molar-refractivity contribution is 6.28. The molecule has 3 aromatic rings. The molecular formula is C30H35ClFN5O3. The lowest BCUT2D eigenvalue weighted by Gasteiger charge is -2.33. The van der Waals surface area contributed by atoms with E-state index in [-0.39, 0.29) is 11.9 Å². The summed E-state index contributed by atoms with van der Waals surface area (Å²) < 4.78 is 28.4. The fraction of sp³-hybridized carbons (Fsp3) is 0.433. The lowest BCUT2D eigenvalue weighted by atomic mass is 9.78. The number of nitrogens with zero attached hydrogens (tertiary/aromatic N) is 4. The van der Waals surface area contributed by atoms with Crippen molar-refractivity contribution in [2.45, 2.75) is 45.0 Å². The minimum absolute atomic E-state index is 0.0439. The van der Waals surface area contributed by atoms with Crippen LogP contribution in [0.5, 0.6) is 5.75 Å². The van der Waals surface area contributed by atoms with Crippen molar-refractivity contribution in [1.82, 2.24) is 24.9 Å². The molecule has 0 bridgehead atoms. The molecule has 1 amide bonds. The number of methoxy groups -OCH3 is 1. The van der Waals surface area contributed by atoms with Gasteiger partial charge in [-0.1, -0.05) is 26.5 Å². The third-order valence-electron chi connectivity index (χ3n) is 7.85. The number of hydrogen-bond donors (Lipinski definition) is 1. The van der Waals surface area contributed by atoms with E-state index >= 15 is 4.39 Å². The monoisotopic (exact) mass is 567 g/mol. The van der Waals surface area contributed by atoms with Gasteiger partial charge in [-0.05, 0) is 43.5 Å². The SMILES string of the molecule is C=CC(=O)N1CCC(n2nc(-c3ccc(OCCOC)cc3F)c(C3=c4cn[nH]c4=CC(C)(C)[C@H]3Cl)c2C)CC1. The first-order valence-electron chi connectivity index (χ1n) is 13.5. The Morgan fingerprint density at radius 2 is 2.05 bits per heavy atom. The Labute approximate surface area is 238 Å². The van der Waals surface area contributed by atoms with E-state index in [2.05, 4.69) is 36.7 Å². The summed E-state index contributed by atoms with van der Waals surface area (Å²) in [7, 11) is 1.59. The molecule has 212 valence electrons. The van der Waals surface area contributed by atoms with Crippen molar-refractivity contribution in [3.8, 4) is 17.0 Å². The highest BCUT2D eigenvalue weighted by Crippen LogP contribution is 2.43. The van der Waals surface area contributed by atoms with Crippen LogP contribution < -0.4 is 15.3 Å². The van der Waals surface area contributed by atoms with Crippen LogP contribution in [-0.4, -0.2) is 69.6 Å². The third kappa shape index (κ3) is 5.08. The normalized spacial score (nSPS) is 18.8. The van der Waals surface area contributed by atoms with Crippen molar-refractivity contribution in [2.75, 3.05) is 33.4 Å². The van der Waals surface area contributed by atoms with E-state index in [0.29, 0.717) is 43.3 Å². The van der Waals surface area contributed by atoms with Gasteiger partial charge >= 0.3 is 0 Å². The second kappa shape index (κ2) is 11.2. The number of nitrogens with one attached hydrogen (secondary N) is 1. The van der Waals surface area contributed by atoms with Gasteiger partial charge in [-0.15, -0.1) is 11.6 Å². The molecule has 1 aliphatic heterocycles. The van der Waals surface area contributed by atoms with Crippen LogP contribution in [0.4, 0.5) is 4.39 Å². The van der Waals surface area contributed by atoms with Crippen molar-refractivity contribution in [3.05, 3.63) is 64.7 Å². The zero-order valence-corrected chi connectivity index (χ0v) is 24.1. The van der Waals surface area contributed by atoms with Gasteiger partial charge in [0.05, 0.1) is 29.6 Å². The Morgan fingerprint density at radius 1 is 1.30 bits per heavy atom. The van der Waals surface area contributed by atoms with Crippen LogP contribution in [0.15, 0.2) is 37.1 Å². The molecule has 10 heteroatoms. The Bertz CT molecular complexity index is 1550. The number of aromatic amines is 1. The van der Waals surface area contributed by atoms with Crippen LogP contribution in [0.2, 0.25) is 0 Å². The summed E-state index contributed by atoms with van der Waals surface area (Å²) in [6.45, 7) is 11.7. The minimum atomic E-state index is -0.437. The van der Waals surface area contributed by atoms with Crippen LogP contribution in [0.3, 0.4) is 0 Å². The highest BCUT2D eigenvalue weighted by atomic mass is 35.5. The lowest BCUT2D eigenvalue weighted by molar-refractivity contribution is -0.127. The number of amides is 1. The second-order valence-electron chi connectivity index (χ2n) is 10.9. The van der Waals surface area contributed by atoms with Crippen molar-refractivity contribution in [2.24, 2.45) is 5.41 Å². The number of aromatic nitrogens is 4. The molecule has 1 saturated heterocycles. The molecule has 1 aromatic carbocycles. The van der Waals surface area contributed by atoms with Gasteiger partial charge in [-0.3, -0.25) is 14.6 Å². The van der Waals surface area contributed by atoms with Crippen LogP contribution in [0.1, 0.15) is 44.0 Å². The second-order valence-corrected chi connectivity index (χ2v) is 11.4. The number of rotatable bonds is 8. The maximum absolute atomic E-state index is 15.8. The fourth-order valence-electron chi connectivity index (χ4n) is 5.70. The summed E-state index contributed by atoms with van der Waals surface area (Å²) in [4.78, 5) is 14.0. The molecule has 5 rings (SSSR count). The van der Waals surface area contributed by atoms with E-state index in [1.165, 1.54) is 12.1 Å². The van der Waals surface area contributed by atoms with Crippen molar-refractivity contribution >= 4 is 29.2 Å². The van der Waals surface area contributed by atoms with Gasteiger partial charge in [0.25, 0.3) is 0 Å². The Hall–Kier alpha value is -3.43. The van der Waals surface area contributed by atoms with Crippen molar-refractivity contribution in [1.29, 1.82) is 0 Å². The van der Waals surface area contributed by atoms with E-state index in [0.717, 1.165) is 40.2 Å². The molecule has 0 radical (unpaired) electrons. The summed E-state index contributed by atoms with van der Waals surface area (Å²) >= 11 is 7.20. The van der Waals surface area contributed by atoms with Crippen LogP contribution in [0, 0.1) is 18.2 Å². The largest absolute Gasteiger partial charge is 0.491 e. The summed E-state index contributed by atoms with van der Waals surface area (Å²) in [6.07, 6.45) is 6.67. The van der Waals surface area contributed by atoms with Crippen molar-refractivity contribution < 1.29 is 18.7 Å². The van der Waals surface area contributed by atoms with E-state index in [1.807, 2.05) is 11.6 Å². The molecule has 1 fully saturated rings. The first kappa shape index (κ1) is 28.1. The predicted octanol–water partition coefficient (Wildman–Crippen LogP) is 3.72. The molecule has 0 spiro atoms. The van der Waals surface area contributed by atoms with E-state index in [1.54, 1.807) is 30.3 Å². The molecule has 1 atom stereocenters. The molecular weight excluding hydrogens is 533 g/mol. The van der Waals surface area contributed by atoms with Gasteiger partial charge in [0.15, 0.2) is 0 Å². The lowest BCUT2D eigenvalue weighted by Crippen LogP contribution is -2.41. The molecule has 1 aliphatic carbocycles. The van der Waals surface area contributed by atoms with Gasteiger partial charge in [-0.25, -0.2) is 4.39 Å². The number of ether oxygens (including phenoxy) is 2. The minimum Gasteiger partial charge on any atom is -0.491 e. The quantitative estimate of drug-likeness (QED) is 0.255. The number of H-pyrrole nitrogens is 1. The smallest absolute Gasteiger partial charge is 0.245 e. The molecule has 1 N–H and O–H groups in total. The van der Waals surface area contributed by atoms with E-state index in [4.69, 9.17) is 26.2 Å². The zero-order valence-electron chi connectivity index (χ0n) is 23.3. The Balaban J connectivity index is 1.65. The van der Waals surface area contributed by atoms with Gasteiger partial charge in [0.2, 0.25) is 5.91 Å². The number of benzene rings is 1. The molecule has 8 nitrogen and oxygen atoms in total.